The van der Waals surface area contributed by atoms with Gasteiger partial charge in [-0.15, -0.1) is 24.0 Å². The predicted octanol–water partition coefficient (Wildman–Crippen LogP) is -0.327. The minimum absolute atomic E-state index is 0. The number of aliphatic imine (C=N–C) groups is 1. The molecule has 0 spiro atoms. The van der Waals surface area contributed by atoms with Crippen LogP contribution in [0.4, 0.5) is 0 Å². The Hall–Kier alpha value is -1.36. The molecule has 148 valence electrons. The molecular weight excluding hydrogens is 447 g/mol. The van der Waals surface area contributed by atoms with Crippen molar-refractivity contribution in [3.8, 4) is 0 Å². The predicted molar refractivity (Wildman–Crippen MR) is 114 cm³/mol. The van der Waals surface area contributed by atoms with Gasteiger partial charge in [0, 0.05) is 60.4 Å². The molecule has 2 heterocycles. The van der Waals surface area contributed by atoms with Gasteiger partial charge in [0.1, 0.15) is 6.54 Å². The topological polar surface area (TPSA) is 71.5 Å². The van der Waals surface area contributed by atoms with E-state index in [1.54, 1.807) is 28.2 Å². The molecule has 2 rings (SSSR count). The van der Waals surface area contributed by atoms with Gasteiger partial charge in [-0.3, -0.25) is 14.5 Å². The molecule has 0 radical (unpaired) electrons. The van der Waals surface area contributed by atoms with Gasteiger partial charge in [0.25, 0.3) is 0 Å². The van der Waals surface area contributed by atoms with Crippen molar-refractivity contribution in [3.63, 3.8) is 0 Å². The molecule has 1 atom stereocenters. The number of amides is 2. The first-order chi connectivity index (χ1) is 11.9. The Labute approximate surface area is 173 Å². The van der Waals surface area contributed by atoms with E-state index in [2.05, 4.69) is 32.3 Å². The summed E-state index contributed by atoms with van der Waals surface area (Å²) in [6.07, 6.45) is 5.45. The average molecular weight is 478 g/mol. The van der Waals surface area contributed by atoms with Gasteiger partial charge in [-0.2, -0.15) is 0 Å². The number of hydrogen-bond acceptors (Lipinski definition) is 4. The number of likely N-dealkylation sites (N-methyl/N-ethyl adjacent to an activating group) is 2. The quantitative estimate of drug-likeness (QED) is 0.254. The summed E-state index contributed by atoms with van der Waals surface area (Å²) in [4.78, 5) is 35.8. The molecule has 2 amide bonds. The lowest BCUT2D eigenvalue weighted by molar-refractivity contribution is -0.127. The molecule has 1 fully saturated rings. The van der Waals surface area contributed by atoms with E-state index in [-0.39, 0.29) is 48.9 Å². The molecule has 2 aliphatic heterocycles. The first-order valence-corrected chi connectivity index (χ1v) is 8.71. The summed E-state index contributed by atoms with van der Waals surface area (Å²) in [5.41, 5.74) is 0. The smallest absolute Gasteiger partial charge is 0.243 e. The molecule has 8 nitrogen and oxygen atoms in total. The SMILES string of the molecule is CN(C)C(=O)CN=C(NCC(=O)N(C)C)N1CCC(N2CC=CC2)C1.I. The number of carbonyl (C=O) groups excluding carboxylic acids is 2. The normalized spacial score (nSPS) is 20.1. The third-order valence-corrected chi connectivity index (χ3v) is 4.59. The maximum Gasteiger partial charge on any atom is 0.243 e. The molecule has 9 heteroatoms. The maximum atomic E-state index is 11.9. The Bertz CT molecular complexity index is 541. The van der Waals surface area contributed by atoms with E-state index in [0.717, 1.165) is 32.6 Å². The van der Waals surface area contributed by atoms with Crippen LogP contribution in [0.25, 0.3) is 0 Å². The summed E-state index contributed by atoms with van der Waals surface area (Å²) in [5.74, 6) is 0.559. The van der Waals surface area contributed by atoms with E-state index in [9.17, 15) is 9.59 Å². The fourth-order valence-electron chi connectivity index (χ4n) is 2.89. The summed E-state index contributed by atoms with van der Waals surface area (Å²) < 4.78 is 0. The standard InChI is InChI=1S/C17H30N6O2.HI/c1-20(2)15(24)11-18-17(19-12-16(25)21(3)4)23-10-7-14(13-23)22-8-5-6-9-22;/h5-6,14H,7-13H2,1-4H3,(H,18,19);1H. The molecule has 0 bridgehead atoms. The fraction of sp³-hybridized carbons (Fsp3) is 0.706. The first-order valence-electron chi connectivity index (χ1n) is 8.71. The van der Waals surface area contributed by atoms with Crippen molar-refractivity contribution < 1.29 is 9.59 Å². The molecule has 0 aromatic rings. The number of carbonyl (C=O) groups is 2. The Morgan fingerprint density at radius 2 is 1.73 bits per heavy atom. The van der Waals surface area contributed by atoms with Crippen LogP contribution < -0.4 is 5.32 Å². The van der Waals surface area contributed by atoms with Crippen LogP contribution in [0.1, 0.15) is 6.42 Å². The van der Waals surface area contributed by atoms with Crippen LogP contribution in [-0.4, -0.2) is 111 Å². The monoisotopic (exact) mass is 478 g/mol. The largest absolute Gasteiger partial charge is 0.347 e. The highest BCUT2D eigenvalue weighted by Crippen LogP contribution is 2.17. The van der Waals surface area contributed by atoms with Crippen LogP contribution in [0.2, 0.25) is 0 Å². The molecule has 0 aromatic carbocycles. The summed E-state index contributed by atoms with van der Waals surface area (Å²) in [5, 5.41) is 3.13. The highest BCUT2D eigenvalue weighted by Gasteiger charge is 2.30. The zero-order valence-electron chi connectivity index (χ0n) is 16.1. The van der Waals surface area contributed by atoms with Crippen LogP contribution in [0.3, 0.4) is 0 Å². The number of halogens is 1. The van der Waals surface area contributed by atoms with Gasteiger partial charge in [-0.1, -0.05) is 12.2 Å². The minimum atomic E-state index is -0.0577. The minimum Gasteiger partial charge on any atom is -0.347 e. The van der Waals surface area contributed by atoms with E-state index >= 15 is 0 Å². The summed E-state index contributed by atoms with van der Waals surface area (Å²) in [6, 6.07) is 0.483. The first kappa shape index (κ1) is 22.7. The highest BCUT2D eigenvalue weighted by molar-refractivity contribution is 14.0. The molecule has 0 aliphatic carbocycles. The molecule has 1 unspecified atom stereocenters. The number of nitrogens with one attached hydrogen (secondary N) is 1. The van der Waals surface area contributed by atoms with Crippen LogP contribution in [-0.2, 0) is 9.59 Å². The van der Waals surface area contributed by atoms with E-state index in [1.807, 2.05) is 0 Å². The van der Waals surface area contributed by atoms with E-state index in [4.69, 9.17) is 0 Å². The Balaban J connectivity index is 0.00000338. The molecule has 0 aromatic heterocycles. The molecule has 1 N–H and O–H groups in total. The average Bonchev–Trinajstić information content (AvgIpc) is 3.25. The Morgan fingerprint density at radius 1 is 1.12 bits per heavy atom. The van der Waals surface area contributed by atoms with E-state index in [1.165, 1.54) is 9.80 Å². The molecule has 2 aliphatic rings. The number of hydrogen-bond donors (Lipinski definition) is 1. The number of likely N-dealkylation sites (tertiary alicyclic amines) is 1. The van der Waals surface area contributed by atoms with Crippen LogP contribution in [0.15, 0.2) is 17.1 Å². The Morgan fingerprint density at radius 3 is 2.31 bits per heavy atom. The number of nitrogens with zero attached hydrogens (tertiary/aromatic N) is 5. The van der Waals surface area contributed by atoms with Crippen molar-refractivity contribution in [1.29, 1.82) is 0 Å². The summed E-state index contributed by atoms with van der Waals surface area (Å²) in [7, 11) is 6.88. The zero-order chi connectivity index (χ0) is 18.4. The van der Waals surface area contributed by atoms with Crippen molar-refractivity contribution >= 4 is 41.8 Å². The Kier molecular flexibility index (Phi) is 9.34. The third-order valence-electron chi connectivity index (χ3n) is 4.59. The molecular formula is C17H31IN6O2. The second-order valence-corrected chi connectivity index (χ2v) is 6.88. The lowest BCUT2D eigenvalue weighted by atomic mass is 10.2. The van der Waals surface area contributed by atoms with Crippen molar-refractivity contribution in [3.05, 3.63) is 12.2 Å². The van der Waals surface area contributed by atoms with Gasteiger partial charge in [-0.25, -0.2) is 4.99 Å². The van der Waals surface area contributed by atoms with Crippen LogP contribution in [0.5, 0.6) is 0 Å². The van der Waals surface area contributed by atoms with Gasteiger partial charge < -0.3 is 20.0 Å². The van der Waals surface area contributed by atoms with E-state index in [0.29, 0.717) is 12.0 Å². The zero-order valence-corrected chi connectivity index (χ0v) is 18.5. The van der Waals surface area contributed by atoms with Crippen molar-refractivity contribution in [2.24, 2.45) is 4.99 Å². The van der Waals surface area contributed by atoms with Gasteiger partial charge in [-0.05, 0) is 6.42 Å². The van der Waals surface area contributed by atoms with Crippen LogP contribution >= 0.6 is 24.0 Å². The van der Waals surface area contributed by atoms with Gasteiger partial charge in [0.05, 0.1) is 6.54 Å². The summed E-state index contributed by atoms with van der Waals surface area (Å²) in [6.45, 7) is 3.98. The second kappa shape index (κ2) is 10.7. The van der Waals surface area contributed by atoms with Gasteiger partial charge in [0.2, 0.25) is 11.8 Å². The second-order valence-electron chi connectivity index (χ2n) is 6.88. The fourth-order valence-corrected chi connectivity index (χ4v) is 2.89. The molecule has 26 heavy (non-hydrogen) atoms. The number of rotatable bonds is 5. The summed E-state index contributed by atoms with van der Waals surface area (Å²) >= 11 is 0. The van der Waals surface area contributed by atoms with E-state index < -0.39 is 0 Å². The van der Waals surface area contributed by atoms with Crippen molar-refractivity contribution in [2.45, 2.75) is 12.5 Å². The lowest BCUT2D eigenvalue weighted by Crippen LogP contribution is -2.46. The van der Waals surface area contributed by atoms with Crippen LogP contribution in [0, 0.1) is 0 Å². The highest BCUT2D eigenvalue weighted by atomic mass is 127. The van der Waals surface area contributed by atoms with Gasteiger partial charge in [0.15, 0.2) is 5.96 Å². The maximum absolute atomic E-state index is 11.9. The number of guanidine groups is 1. The van der Waals surface area contributed by atoms with Gasteiger partial charge >= 0.3 is 0 Å². The van der Waals surface area contributed by atoms with Crippen molar-refractivity contribution in [2.75, 3.05) is 67.5 Å². The lowest BCUT2D eigenvalue weighted by Gasteiger charge is -2.26. The van der Waals surface area contributed by atoms with Crippen molar-refractivity contribution in [1.82, 2.24) is 24.9 Å². The third kappa shape index (κ3) is 6.42. The molecule has 0 saturated carbocycles. The molecule has 1 saturated heterocycles.